The fourth-order valence-electron chi connectivity index (χ4n) is 0.957. The second-order valence-electron chi connectivity index (χ2n) is 2.72. The molecule has 0 radical (unpaired) electrons. The average molecular weight is 256 g/mol. The number of hydrogen-bond donors (Lipinski definition) is 1. The number of amides is 1. The SMILES string of the molecule is CNC(=O)c1cnccc1C(F)(F)F.N#CC#N. The molecule has 0 fully saturated rings. The number of carbonyl (C=O) groups excluding carboxylic acids is 1. The van der Waals surface area contributed by atoms with E-state index in [0.29, 0.717) is 0 Å². The first-order chi connectivity index (χ1) is 8.38. The molecule has 1 N–H and O–H groups in total. The topological polar surface area (TPSA) is 89.6 Å². The largest absolute Gasteiger partial charge is 0.417 e. The molecule has 18 heavy (non-hydrogen) atoms. The van der Waals surface area contributed by atoms with Gasteiger partial charge in [-0.25, -0.2) is 0 Å². The summed E-state index contributed by atoms with van der Waals surface area (Å²) in [4.78, 5) is 14.5. The fraction of sp³-hybridized carbons (Fsp3) is 0.200. The number of pyridine rings is 1. The molecule has 0 spiro atoms. The minimum Gasteiger partial charge on any atom is -0.355 e. The predicted octanol–water partition coefficient (Wildman–Crippen LogP) is 1.49. The first kappa shape index (κ1) is 15.4. The molecule has 5 nitrogen and oxygen atoms in total. The zero-order chi connectivity index (χ0) is 14.2. The number of rotatable bonds is 1. The van der Waals surface area contributed by atoms with E-state index in [2.05, 4.69) is 10.3 Å². The highest BCUT2D eigenvalue weighted by Crippen LogP contribution is 2.31. The average Bonchev–Trinajstić information content (AvgIpc) is 2.37. The lowest BCUT2D eigenvalue weighted by molar-refractivity contribution is -0.138. The molecular weight excluding hydrogens is 249 g/mol. The third-order valence-corrected chi connectivity index (χ3v) is 1.65. The van der Waals surface area contributed by atoms with Gasteiger partial charge < -0.3 is 5.32 Å². The summed E-state index contributed by atoms with van der Waals surface area (Å²) in [6, 6.07) is 3.24. The molecule has 8 heteroatoms. The van der Waals surface area contributed by atoms with E-state index in [4.69, 9.17) is 10.5 Å². The number of alkyl halides is 3. The Bertz CT molecular complexity index is 487. The lowest BCUT2D eigenvalue weighted by atomic mass is 10.1. The van der Waals surface area contributed by atoms with E-state index in [-0.39, 0.29) is 0 Å². The van der Waals surface area contributed by atoms with Crippen LogP contribution in [-0.4, -0.2) is 17.9 Å². The number of hydrogen-bond acceptors (Lipinski definition) is 4. The summed E-state index contributed by atoms with van der Waals surface area (Å²) in [6.45, 7) is 0. The Labute approximate surface area is 100 Å². The Morgan fingerprint density at radius 1 is 1.39 bits per heavy atom. The van der Waals surface area contributed by atoms with Crippen LogP contribution in [0.25, 0.3) is 0 Å². The number of halogens is 3. The van der Waals surface area contributed by atoms with Crippen molar-refractivity contribution in [3.05, 3.63) is 29.6 Å². The maximum atomic E-state index is 12.3. The van der Waals surface area contributed by atoms with Gasteiger partial charge >= 0.3 is 6.18 Å². The van der Waals surface area contributed by atoms with Crippen LogP contribution in [0, 0.1) is 22.7 Å². The molecule has 0 aliphatic heterocycles. The van der Waals surface area contributed by atoms with Crippen LogP contribution >= 0.6 is 0 Å². The van der Waals surface area contributed by atoms with E-state index in [0.717, 1.165) is 18.5 Å². The minimum absolute atomic E-state index is 0.470. The van der Waals surface area contributed by atoms with E-state index in [9.17, 15) is 18.0 Å². The van der Waals surface area contributed by atoms with Gasteiger partial charge in [0.15, 0.2) is 12.1 Å². The fourth-order valence-corrected chi connectivity index (χ4v) is 0.957. The van der Waals surface area contributed by atoms with Crippen LogP contribution in [0.4, 0.5) is 13.2 Å². The smallest absolute Gasteiger partial charge is 0.355 e. The van der Waals surface area contributed by atoms with E-state index in [1.165, 1.54) is 19.2 Å². The number of nitrogens with one attached hydrogen (secondary N) is 1. The monoisotopic (exact) mass is 256 g/mol. The lowest BCUT2D eigenvalue weighted by Gasteiger charge is -2.10. The van der Waals surface area contributed by atoms with Gasteiger partial charge in [-0.3, -0.25) is 9.78 Å². The summed E-state index contributed by atoms with van der Waals surface area (Å²) >= 11 is 0. The number of nitrogens with zero attached hydrogens (tertiary/aromatic N) is 3. The summed E-state index contributed by atoms with van der Waals surface area (Å²) in [5.74, 6) is -0.801. The quantitative estimate of drug-likeness (QED) is 0.824. The molecule has 0 aromatic carbocycles. The van der Waals surface area contributed by atoms with Crippen LogP contribution in [0.15, 0.2) is 18.5 Å². The summed E-state index contributed by atoms with van der Waals surface area (Å²) in [5, 5.41) is 16.6. The highest BCUT2D eigenvalue weighted by molar-refractivity contribution is 5.95. The maximum Gasteiger partial charge on any atom is 0.417 e. The van der Waals surface area contributed by atoms with Gasteiger partial charge in [-0.1, -0.05) is 0 Å². The van der Waals surface area contributed by atoms with Gasteiger partial charge in [0, 0.05) is 19.4 Å². The standard InChI is InChI=1S/C8H7F3N2O.C2N2/c1-12-7(14)5-4-13-3-2-6(5)8(9,10)11;3-1-2-4/h2-4H,1H3,(H,12,14);. The molecule has 1 aromatic rings. The van der Waals surface area contributed by atoms with Crippen molar-refractivity contribution in [1.82, 2.24) is 10.3 Å². The van der Waals surface area contributed by atoms with Gasteiger partial charge in [-0.15, -0.1) is 0 Å². The van der Waals surface area contributed by atoms with Crippen LogP contribution in [0.3, 0.4) is 0 Å². The summed E-state index contributed by atoms with van der Waals surface area (Å²) in [5.41, 5.74) is -1.45. The Kier molecular flexibility index (Phi) is 5.87. The third kappa shape index (κ3) is 4.49. The minimum atomic E-state index is -4.54. The van der Waals surface area contributed by atoms with Gasteiger partial charge in [-0.2, -0.15) is 23.7 Å². The first-order valence-corrected chi connectivity index (χ1v) is 4.40. The highest BCUT2D eigenvalue weighted by atomic mass is 19.4. The molecule has 1 aromatic heterocycles. The zero-order valence-corrected chi connectivity index (χ0v) is 9.12. The first-order valence-electron chi connectivity index (χ1n) is 4.40. The third-order valence-electron chi connectivity index (χ3n) is 1.65. The van der Waals surface area contributed by atoms with Crippen LogP contribution < -0.4 is 5.32 Å². The Morgan fingerprint density at radius 2 is 1.94 bits per heavy atom. The van der Waals surface area contributed by atoms with Crippen molar-refractivity contribution >= 4 is 5.91 Å². The zero-order valence-electron chi connectivity index (χ0n) is 9.12. The Hall–Kier alpha value is -2.61. The Morgan fingerprint density at radius 3 is 2.33 bits per heavy atom. The molecule has 0 aliphatic carbocycles. The molecule has 0 unspecified atom stereocenters. The second-order valence-corrected chi connectivity index (χ2v) is 2.72. The van der Waals surface area contributed by atoms with E-state index >= 15 is 0 Å². The Balaban J connectivity index is 0.000000631. The molecule has 1 rings (SSSR count). The molecule has 0 bridgehead atoms. The molecule has 1 heterocycles. The highest BCUT2D eigenvalue weighted by Gasteiger charge is 2.34. The van der Waals surface area contributed by atoms with Crippen molar-refractivity contribution in [3.63, 3.8) is 0 Å². The molecule has 0 saturated heterocycles. The normalized spacial score (nSPS) is 9.22. The van der Waals surface area contributed by atoms with Crippen molar-refractivity contribution in [1.29, 1.82) is 10.5 Å². The van der Waals surface area contributed by atoms with Gasteiger partial charge in [0.25, 0.3) is 5.91 Å². The van der Waals surface area contributed by atoms with Gasteiger partial charge in [0.2, 0.25) is 0 Å². The maximum absolute atomic E-state index is 12.3. The molecule has 1 amide bonds. The van der Waals surface area contributed by atoms with Crippen molar-refractivity contribution in [3.8, 4) is 12.1 Å². The second kappa shape index (κ2) is 6.86. The molecular formula is C10H7F3N4O. The number of aromatic nitrogens is 1. The van der Waals surface area contributed by atoms with Crippen molar-refractivity contribution < 1.29 is 18.0 Å². The molecule has 94 valence electrons. The summed E-state index contributed by atoms with van der Waals surface area (Å²) in [7, 11) is 1.26. The van der Waals surface area contributed by atoms with Crippen LogP contribution in [0.1, 0.15) is 15.9 Å². The van der Waals surface area contributed by atoms with Gasteiger partial charge in [0.1, 0.15) is 0 Å². The van der Waals surface area contributed by atoms with Crippen molar-refractivity contribution in [2.75, 3.05) is 7.05 Å². The van der Waals surface area contributed by atoms with Gasteiger partial charge in [-0.05, 0) is 6.07 Å². The molecule has 0 saturated carbocycles. The van der Waals surface area contributed by atoms with Crippen LogP contribution in [-0.2, 0) is 6.18 Å². The van der Waals surface area contributed by atoms with Crippen molar-refractivity contribution in [2.45, 2.75) is 6.18 Å². The molecule has 0 aliphatic rings. The summed E-state index contributed by atoms with van der Waals surface area (Å²) in [6.07, 6.45) is -2.65. The number of nitriles is 2. The summed E-state index contributed by atoms with van der Waals surface area (Å²) < 4.78 is 37.0. The van der Waals surface area contributed by atoms with Crippen molar-refractivity contribution in [2.24, 2.45) is 0 Å². The lowest BCUT2D eigenvalue weighted by Crippen LogP contribution is -2.22. The van der Waals surface area contributed by atoms with E-state index in [1.54, 1.807) is 0 Å². The van der Waals surface area contributed by atoms with E-state index < -0.39 is 23.2 Å². The van der Waals surface area contributed by atoms with Gasteiger partial charge in [0.05, 0.1) is 11.1 Å². The predicted molar refractivity (Wildman–Crippen MR) is 53.9 cm³/mol. The number of carbonyl (C=O) groups is 1. The van der Waals surface area contributed by atoms with Crippen LogP contribution in [0.2, 0.25) is 0 Å². The molecule has 0 atom stereocenters. The van der Waals surface area contributed by atoms with E-state index in [1.807, 2.05) is 0 Å². The van der Waals surface area contributed by atoms with Crippen LogP contribution in [0.5, 0.6) is 0 Å².